The fourth-order valence-electron chi connectivity index (χ4n) is 0.862. The maximum Gasteiger partial charge on any atom is 0.129 e. The number of rotatable bonds is 0. The van der Waals surface area contributed by atoms with Crippen LogP contribution in [0.1, 0.15) is 13.8 Å². The quantitative estimate of drug-likeness (QED) is 0.364. The molecule has 0 aliphatic carbocycles. The van der Waals surface area contributed by atoms with Crippen LogP contribution >= 0.6 is 11.6 Å². The SMILES string of the molecule is CC1=C[C@@H](C)C(Cl)N=C1. The molecule has 2 heteroatoms. The second-order valence-corrected chi connectivity index (χ2v) is 2.87. The molecule has 0 bridgehead atoms. The number of alkyl halides is 1. The summed E-state index contributed by atoms with van der Waals surface area (Å²) in [6.45, 7) is 4.10. The van der Waals surface area contributed by atoms with Crippen molar-refractivity contribution in [1.82, 2.24) is 0 Å². The molecule has 50 valence electrons. The van der Waals surface area contributed by atoms with Crippen molar-refractivity contribution in [3.63, 3.8) is 0 Å². The molecule has 1 aliphatic rings. The lowest BCUT2D eigenvalue weighted by molar-refractivity contribution is 0.677. The predicted octanol–water partition coefficient (Wildman–Crippen LogP) is 2.22. The Morgan fingerprint density at radius 3 is 2.78 bits per heavy atom. The first kappa shape index (κ1) is 6.81. The Kier molecular flexibility index (Phi) is 1.91. The molecule has 0 radical (unpaired) electrons. The van der Waals surface area contributed by atoms with Gasteiger partial charge >= 0.3 is 0 Å². The van der Waals surface area contributed by atoms with Crippen LogP contribution in [0.25, 0.3) is 0 Å². The highest BCUT2D eigenvalue weighted by Crippen LogP contribution is 2.18. The lowest BCUT2D eigenvalue weighted by atomic mass is 10.1. The van der Waals surface area contributed by atoms with E-state index in [2.05, 4.69) is 18.0 Å². The summed E-state index contributed by atoms with van der Waals surface area (Å²) < 4.78 is 0. The third-order valence-corrected chi connectivity index (χ3v) is 1.89. The van der Waals surface area contributed by atoms with Gasteiger partial charge in [0, 0.05) is 12.1 Å². The molecule has 0 N–H and O–H groups in total. The van der Waals surface area contributed by atoms with Crippen molar-refractivity contribution in [3.8, 4) is 0 Å². The molecule has 1 unspecified atom stereocenters. The normalized spacial score (nSPS) is 34.3. The standard InChI is InChI=1S/C7H10ClN/c1-5-3-6(2)7(8)9-4-5/h3-4,6-7H,1-2H3/t6-,7?/m1/s1. The molecule has 0 saturated carbocycles. The highest BCUT2D eigenvalue weighted by atomic mass is 35.5. The minimum absolute atomic E-state index is 0.0475. The van der Waals surface area contributed by atoms with Crippen LogP contribution in [0.15, 0.2) is 16.6 Å². The molecule has 0 amide bonds. The van der Waals surface area contributed by atoms with Crippen LogP contribution in [0.5, 0.6) is 0 Å². The van der Waals surface area contributed by atoms with Crippen LogP contribution in [0, 0.1) is 5.92 Å². The number of nitrogens with zero attached hydrogens (tertiary/aromatic N) is 1. The molecule has 1 rings (SSSR count). The van der Waals surface area contributed by atoms with Gasteiger partial charge < -0.3 is 0 Å². The number of halogens is 1. The Morgan fingerprint density at radius 2 is 2.33 bits per heavy atom. The molecule has 1 heterocycles. The Labute approximate surface area is 60.4 Å². The summed E-state index contributed by atoms with van der Waals surface area (Å²) >= 11 is 5.79. The van der Waals surface area contributed by atoms with E-state index in [1.165, 1.54) is 5.57 Å². The maximum absolute atomic E-state index is 5.79. The van der Waals surface area contributed by atoms with Crippen molar-refractivity contribution in [3.05, 3.63) is 11.6 Å². The van der Waals surface area contributed by atoms with Crippen molar-refractivity contribution in [2.24, 2.45) is 10.9 Å². The Balaban J connectivity index is 2.70. The first-order chi connectivity index (χ1) is 4.20. The maximum atomic E-state index is 5.79. The summed E-state index contributed by atoms with van der Waals surface area (Å²) in [6, 6.07) is 0. The highest BCUT2D eigenvalue weighted by Gasteiger charge is 2.12. The second-order valence-electron chi connectivity index (χ2n) is 2.42. The van der Waals surface area contributed by atoms with Crippen molar-refractivity contribution in [2.45, 2.75) is 19.3 Å². The van der Waals surface area contributed by atoms with Gasteiger partial charge in [-0.25, -0.2) is 0 Å². The van der Waals surface area contributed by atoms with Gasteiger partial charge in [0.25, 0.3) is 0 Å². The van der Waals surface area contributed by atoms with Crippen LogP contribution in [0.4, 0.5) is 0 Å². The molecular formula is C7H10ClN. The van der Waals surface area contributed by atoms with E-state index in [-0.39, 0.29) is 5.50 Å². The Bertz CT molecular complexity index is 160. The molecule has 9 heavy (non-hydrogen) atoms. The molecule has 0 aromatic carbocycles. The molecule has 2 atom stereocenters. The van der Waals surface area contributed by atoms with Gasteiger partial charge in [-0.1, -0.05) is 24.6 Å². The highest BCUT2D eigenvalue weighted by molar-refractivity contribution is 6.21. The van der Waals surface area contributed by atoms with E-state index >= 15 is 0 Å². The molecule has 1 aliphatic heterocycles. The number of aliphatic imine (C=N–C) groups is 1. The van der Waals surface area contributed by atoms with Gasteiger partial charge in [0.05, 0.1) is 0 Å². The summed E-state index contributed by atoms with van der Waals surface area (Å²) in [5, 5.41) is 0. The minimum atomic E-state index is -0.0475. The van der Waals surface area contributed by atoms with E-state index < -0.39 is 0 Å². The van der Waals surface area contributed by atoms with E-state index in [4.69, 9.17) is 11.6 Å². The summed E-state index contributed by atoms with van der Waals surface area (Å²) in [7, 11) is 0. The summed E-state index contributed by atoms with van der Waals surface area (Å²) in [6.07, 6.45) is 3.95. The van der Waals surface area contributed by atoms with Crippen LogP contribution in [-0.4, -0.2) is 11.7 Å². The molecule has 0 aromatic heterocycles. The third-order valence-electron chi connectivity index (χ3n) is 1.38. The van der Waals surface area contributed by atoms with Gasteiger partial charge in [-0.05, 0) is 12.5 Å². The van der Waals surface area contributed by atoms with E-state index in [9.17, 15) is 0 Å². The lowest BCUT2D eigenvalue weighted by Gasteiger charge is -2.14. The van der Waals surface area contributed by atoms with Gasteiger partial charge in [-0.15, -0.1) is 0 Å². The average Bonchev–Trinajstić information content (AvgIpc) is 1.80. The van der Waals surface area contributed by atoms with Crippen LogP contribution in [0.3, 0.4) is 0 Å². The molecule has 1 nitrogen and oxygen atoms in total. The van der Waals surface area contributed by atoms with E-state index in [0.717, 1.165) is 0 Å². The third kappa shape index (κ3) is 1.55. The summed E-state index contributed by atoms with van der Waals surface area (Å²) in [4.78, 5) is 4.06. The second kappa shape index (κ2) is 2.53. The van der Waals surface area contributed by atoms with Crippen molar-refractivity contribution < 1.29 is 0 Å². The van der Waals surface area contributed by atoms with Gasteiger partial charge in [-0.3, -0.25) is 4.99 Å². The first-order valence-corrected chi connectivity index (χ1v) is 3.49. The summed E-state index contributed by atoms with van der Waals surface area (Å²) in [5.41, 5.74) is 1.16. The molecule has 0 spiro atoms. The van der Waals surface area contributed by atoms with Crippen LogP contribution < -0.4 is 0 Å². The zero-order chi connectivity index (χ0) is 6.85. The van der Waals surface area contributed by atoms with Gasteiger partial charge in [0.15, 0.2) is 0 Å². The smallest absolute Gasteiger partial charge is 0.129 e. The van der Waals surface area contributed by atoms with Crippen LogP contribution in [0.2, 0.25) is 0 Å². The average molecular weight is 144 g/mol. The number of dihydropyridines is 1. The zero-order valence-corrected chi connectivity index (χ0v) is 6.39. The fraction of sp³-hybridized carbons (Fsp3) is 0.571. The topological polar surface area (TPSA) is 12.4 Å². The van der Waals surface area contributed by atoms with E-state index in [0.29, 0.717) is 5.92 Å². The zero-order valence-electron chi connectivity index (χ0n) is 5.63. The van der Waals surface area contributed by atoms with Gasteiger partial charge in [-0.2, -0.15) is 0 Å². The predicted molar refractivity (Wildman–Crippen MR) is 41.1 cm³/mol. The van der Waals surface area contributed by atoms with E-state index in [1.807, 2.05) is 13.1 Å². The van der Waals surface area contributed by atoms with Crippen molar-refractivity contribution in [2.75, 3.05) is 0 Å². The molecular weight excluding hydrogens is 134 g/mol. The van der Waals surface area contributed by atoms with Gasteiger partial charge in [0.2, 0.25) is 0 Å². The first-order valence-electron chi connectivity index (χ1n) is 3.06. The molecule has 0 fully saturated rings. The number of allylic oxidation sites excluding steroid dienone is 1. The Morgan fingerprint density at radius 1 is 1.67 bits per heavy atom. The minimum Gasteiger partial charge on any atom is -0.273 e. The monoisotopic (exact) mass is 143 g/mol. The number of hydrogen-bond donors (Lipinski definition) is 0. The van der Waals surface area contributed by atoms with Gasteiger partial charge in [0.1, 0.15) is 5.50 Å². The molecule has 0 aromatic rings. The van der Waals surface area contributed by atoms with Crippen molar-refractivity contribution in [1.29, 1.82) is 0 Å². The Hall–Kier alpha value is -0.300. The lowest BCUT2D eigenvalue weighted by Crippen LogP contribution is -2.10. The van der Waals surface area contributed by atoms with Crippen LogP contribution in [-0.2, 0) is 0 Å². The van der Waals surface area contributed by atoms with Crippen molar-refractivity contribution >= 4 is 17.8 Å². The molecule has 0 saturated heterocycles. The fourth-order valence-corrected chi connectivity index (χ4v) is 0.991. The summed E-state index contributed by atoms with van der Waals surface area (Å²) in [5.74, 6) is 0.386. The number of hydrogen-bond acceptors (Lipinski definition) is 1. The largest absolute Gasteiger partial charge is 0.273 e. The van der Waals surface area contributed by atoms with E-state index in [1.54, 1.807) is 0 Å².